The van der Waals surface area contributed by atoms with Crippen molar-refractivity contribution in [1.82, 2.24) is 0 Å². The lowest BCUT2D eigenvalue weighted by molar-refractivity contribution is -0.150. The summed E-state index contributed by atoms with van der Waals surface area (Å²) in [7, 11) is 0. The van der Waals surface area contributed by atoms with E-state index in [9.17, 15) is 9.59 Å². The molecule has 0 aromatic heterocycles. The Morgan fingerprint density at radius 3 is 2.64 bits per heavy atom. The molecular weight excluding hydrogens is 144 g/mol. The van der Waals surface area contributed by atoms with Gasteiger partial charge in [-0.25, -0.2) is 9.59 Å². The predicted molar refractivity (Wildman–Crippen MR) is 38.5 cm³/mol. The molecule has 0 radical (unpaired) electrons. The highest BCUT2D eigenvalue weighted by Crippen LogP contribution is 2.08. The van der Waals surface area contributed by atoms with E-state index in [1.165, 1.54) is 12.2 Å². The minimum Gasteiger partial charge on any atom is -0.386 e. The van der Waals surface area contributed by atoms with Crippen LogP contribution in [-0.4, -0.2) is 11.9 Å². The number of carbonyl (C=O) groups is 2. The molecule has 11 heavy (non-hydrogen) atoms. The van der Waals surface area contributed by atoms with Gasteiger partial charge in [0.2, 0.25) is 0 Å². The molecule has 1 aliphatic rings. The Hall–Kier alpha value is -1.64. The Balaban J connectivity index is 2.79. The van der Waals surface area contributed by atoms with Crippen molar-refractivity contribution in [3.05, 3.63) is 36.5 Å². The minimum atomic E-state index is -0.612. The number of rotatable bonds is 2. The summed E-state index contributed by atoms with van der Waals surface area (Å²) in [4.78, 5) is 21.1. The van der Waals surface area contributed by atoms with Gasteiger partial charge in [0.05, 0.1) is 5.57 Å². The van der Waals surface area contributed by atoms with Crippen molar-refractivity contribution in [3.8, 4) is 0 Å². The molecule has 3 heteroatoms. The maximum absolute atomic E-state index is 10.7. The highest BCUT2D eigenvalue weighted by molar-refractivity contribution is 6.10. The molecule has 0 bridgehead atoms. The Labute approximate surface area is 63.7 Å². The molecule has 0 aromatic carbocycles. The van der Waals surface area contributed by atoms with Gasteiger partial charge in [0.25, 0.3) is 0 Å². The fourth-order valence-electron chi connectivity index (χ4n) is 0.654. The van der Waals surface area contributed by atoms with E-state index in [0.717, 1.165) is 6.08 Å². The topological polar surface area (TPSA) is 43.4 Å². The number of ether oxygens (including phenoxy) is 1. The zero-order valence-corrected chi connectivity index (χ0v) is 5.74. The van der Waals surface area contributed by atoms with Crippen molar-refractivity contribution in [2.24, 2.45) is 0 Å². The average molecular weight is 150 g/mol. The molecule has 0 aliphatic carbocycles. The van der Waals surface area contributed by atoms with Gasteiger partial charge < -0.3 is 4.74 Å². The van der Waals surface area contributed by atoms with Crippen LogP contribution in [0.2, 0.25) is 0 Å². The van der Waals surface area contributed by atoms with Gasteiger partial charge in [-0.1, -0.05) is 18.7 Å². The molecule has 0 aromatic rings. The van der Waals surface area contributed by atoms with Gasteiger partial charge in [0.15, 0.2) is 0 Å². The molecule has 56 valence electrons. The van der Waals surface area contributed by atoms with Crippen molar-refractivity contribution in [1.29, 1.82) is 0 Å². The molecule has 1 aliphatic heterocycles. The summed E-state index contributed by atoms with van der Waals surface area (Å²) < 4.78 is 4.21. The minimum absolute atomic E-state index is 0.259. The fraction of sp³-hybridized carbons (Fsp3) is 0. The van der Waals surface area contributed by atoms with E-state index in [2.05, 4.69) is 11.3 Å². The second kappa shape index (κ2) is 2.96. The highest BCUT2D eigenvalue weighted by Gasteiger charge is 2.20. The van der Waals surface area contributed by atoms with Gasteiger partial charge in [0, 0.05) is 6.08 Å². The molecule has 0 fully saturated rings. The molecule has 3 nitrogen and oxygen atoms in total. The SMILES string of the molecule is C=CC=CC1=CC(=O)OC1=O. The Bertz CT molecular complexity index is 271. The van der Waals surface area contributed by atoms with Gasteiger partial charge >= 0.3 is 11.9 Å². The van der Waals surface area contributed by atoms with E-state index >= 15 is 0 Å². The molecule has 0 atom stereocenters. The lowest BCUT2D eigenvalue weighted by Gasteiger charge is -1.86. The van der Waals surface area contributed by atoms with Crippen LogP contribution < -0.4 is 0 Å². The van der Waals surface area contributed by atoms with Crippen molar-refractivity contribution < 1.29 is 14.3 Å². The van der Waals surface area contributed by atoms with Gasteiger partial charge in [0.1, 0.15) is 0 Å². The van der Waals surface area contributed by atoms with E-state index < -0.39 is 11.9 Å². The molecule has 1 rings (SSSR count). The number of hydrogen-bond acceptors (Lipinski definition) is 3. The summed E-state index contributed by atoms with van der Waals surface area (Å²) in [6, 6.07) is 0. The summed E-state index contributed by atoms with van der Waals surface area (Å²) in [5, 5.41) is 0. The molecule has 0 unspecified atom stereocenters. The summed E-state index contributed by atoms with van der Waals surface area (Å²) in [6.07, 6.45) is 5.69. The van der Waals surface area contributed by atoms with Gasteiger partial charge in [-0.15, -0.1) is 0 Å². The zero-order valence-electron chi connectivity index (χ0n) is 5.74. The third kappa shape index (κ3) is 1.64. The molecule has 0 saturated carbocycles. The molecular formula is C8H6O3. The standard InChI is InChI=1S/C8H6O3/c1-2-3-4-6-5-7(9)11-8(6)10/h2-5H,1H2. The Morgan fingerprint density at radius 2 is 2.18 bits per heavy atom. The highest BCUT2D eigenvalue weighted by atomic mass is 16.6. The van der Waals surface area contributed by atoms with Crippen LogP contribution in [0.4, 0.5) is 0 Å². The molecule has 0 N–H and O–H groups in total. The monoisotopic (exact) mass is 150 g/mol. The van der Waals surface area contributed by atoms with E-state index in [0.29, 0.717) is 0 Å². The molecule has 1 heterocycles. The van der Waals surface area contributed by atoms with Crippen molar-refractivity contribution in [2.75, 3.05) is 0 Å². The van der Waals surface area contributed by atoms with Crippen LogP contribution in [-0.2, 0) is 14.3 Å². The van der Waals surface area contributed by atoms with Crippen LogP contribution >= 0.6 is 0 Å². The molecule has 0 amide bonds. The fourth-order valence-corrected chi connectivity index (χ4v) is 0.654. The Kier molecular flexibility index (Phi) is 2.01. The van der Waals surface area contributed by atoms with Crippen LogP contribution in [0, 0.1) is 0 Å². The lowest BCUT2D eigenvalue weighted by Crippen LogP contribution is -2.00. The van der Waals surface area contributed by atoms with Gasteiger partial charge in [-0.3, -0.25) is 0 Å². The van der Waals surface area contributed by atoms with E-state index in [1.807, 2.05) is 0 Å². The first-order valence-electron chi connectivity index (χ1n) is 3.01. The summed E-state index contributed by atoms with van der Waals surface area (Å²) in [6.45, 7) is 3.41. The second-order valence-corrected chi connectivity index (χ2v) is 1.90. The van der Waals surface area contributed by atoms with Gasteiger partial charge in [-0.2, -0.15) is 0 Å². The number of allylic oxidation sites excluding steroid dienone is 2. The third-order valence-corrected chi connectivity index (χ3v) is 1.11. The van der Waals surface area contributed by atoms with Crippen LogP contribution in [0.25, 0.3) is 0 Å². The first kappa shape index (κ1) is 7.47. The maximum Gasteiger partial charge on any atom is 0.346 e. The first-order chi connectivity index (χ1) is 5.24. The van der Waals surface area contributed by atoms with Crippen molar-refractivity contribution in [3.63, 3.8) is 0 Å². The number of carbonyl (C=O) groups excluding carboxylic acids is 2. The average Bonchev–Trinajstić information content (AvgIpc) is 2.26. The zero-order chi connectivity index (χ0) is 8.27. The number of esters is 2. The summed E-state index contributed by atoms with van der Waals surface area (Å²) in [5.41, 5.74) is 0.259. The number of cyclic esters (lactones) is 2. The maximum atomic E-state index is 10.7. The largest absolute Gasteiger partial charge is 0.386 e. The van der Waals surface area contributed by atoms with Crippen LogP contribution in [0.5, 0.6) is 0 Å². The van der Waals surface area contributed by atoms with Crippen LogP contribution in [0.3, 0.4) is 0 Å². The predicted octanol–water partition coefficient (Wildman–Crippen LogP) is 0.738. The van der Waals surface area contributed by atoms with Crippen LogP contribution in [0.15, 0.2) is 36.5 Å². The first-order valence-corrected chi connectivity index (χ1v) is 3.01. The van der Waals surface area contributed by atoms with Crippen molar-refractivity contribution in [2.45, 2.75) is 0 Å². The quantitative estimate of drug-likeness (QED) is 0.331. The molecule has 0 saturated heterocycles. The summed E-state index contributed by atoms with van der Waals surface area (Å²) in [5.74, 6) is -1.22. The van der Waals surface area contributed by atoms with E-state index in [4.69, 9.17) is 0 Å². The summed E-state index contributed by atoms with van der Waals surface area (Å²) >= 11 is 0. The third-order valence-electron chi connectivity index (χ3n) is 1.11. The normalized spacial score (nSPS) is 16.9. The van der Waals surface area contributed by atoms with Crippen LogP contribution in [0.1, 0.15) is 0 Å². The van der Waals surface area contributed by atoms with E-state index in [-0.39, 0.29) is 5.57 Å². The molecule has 0 spiro atoms. The second-order valence-electron chi connectivity index (χ2n) is 1.90. The number of hydrogen-bond donors (Lipinski definition) is 0. The van der Waals surface area contributed by atoms with Crippen molar-refractivity contribution >= 4 is 11.9 Å². The Morgan fingerprint density at radius 1 is 1.45 bits per heavy atom. The van der Waals surface area contributed by atoms with Gasteiger partial charge in [-0.05, 0) is 6.08 Å². The van der Waals surface area contributed by atoms with E-state index in [1.54, 1.807) is 6.08 Å². The lowest BCUT2D eigenvalue weighted by atomic mass is 10.2. The smallest absolute Gasteiger partial charge is 0.346 e.